The summed E-state index contributed by atoms with van der Waals surface area (Å²) in [5, 5.41) is 0.251. The first-order valence-corrected chi connectivity index (χ1v) is 22.2. The molecular formula is C31H50Br2N2O6Si2. The fraction of sp³-hybridized carbons (Fsp3) is 0.677. The van der Waals surface area contributed by atoms with Gasteiger partial charge in [0.2, 0.25) is 0 Å². The van der Waals surface area contributed by atoms with Crippen LogP contribution in [0.5, 0.6) is 5.75 Å². The minimum absolute atomic E-state index is 0.0317. The van der Waals surface area contributed by atoms with Crippen molar-refractivity contribution in [1.82, 2.24) is 9.97 Å². The molecule has 0 amide bonds. The van der Waals surface area contributed by atoms with Gasteiger partial charge in [0.05, 0.1) is 48.5 Å². The van der Waals surface area contributed by atoms with Crippen LogP contribution in [0.3, 0.4) is 0 Å². The van der Waals surface area contributed by atoms with Gasteiger partial charge in [-0.2, -0.15) is 0 Å². The maximum absolute atomic E-state index is 11.7. The second-order valence-electron chi connectivity index (χ2n) is 15.0. The van der Waals surface area contributed by atoms with E-state index in [1.165, 1.54) is 6.07 Å². The lowest BCUT2D eigenvalue weighted by atomic mass is 9.97. The third kappa shape index (κ3) is 8.69. The van der Waals surface area contributed by atoms with Gasteiger partial charge < -0.3 is 28.0 Å². The van der Waals surface area contributed by atoms with Crippen molar-refractivity contribution in [2.24, 2.45) is 0 Å². The highest BCUT2D eigenvalue weighted by atomic mass is 79.9. The predicted octanol–water partition coefficient (Wildman–Crippen LogP) is 8.26. The van der Waals surface area contributed by atoms with Gasteiger partial charge in [0.1, 0.15) is 21.6 Å². The summed E-state index contributed by atoms with van der Waals surface area (Å²) in [6.45, 7) is 28.4. The van der Waals surface area contributed by atoms with E-state index in [0.29, 0.717) is 31.0 Å². The zero-order valence-electron chi connectivity index (χ0n) is 27.9. The molecule has 2 saturated heterocycles. The molecular weight excluding hydrogens is 712 g/mol. The quantitative estimate of drug-likeness (QED) is 0.214. The molecule has 1 N–H and O–H groups in total. The number of halogens is 2. The van der Waals surface area contributed by atoms with E-state index < -0.39 is 27.8 Å². The molecule has 12 heteroatoms. The second kappa shape index (κ2) is 13.1. The molecule has 4 heterocycles. The first-order valence-electron chi connectivity index (χ1n) is 14.8. The Kier molecular flexibility index (Phi) is 11.1. The Balaban J connectivity index is 0.000000238. The number of hydrogen-bond donors (Lipinski definition) is 1. The van der Waals surface area contributed by atoms with Crippen molar-refractivity contribution >= 4 is 48.5 Å². The number of ether oxygens (including phenoxy) is 3. The summed E-state index contributed by atoms with van der Waals surface area (Å²) in [7, 11) is -3.88. The van der Waals surface area contributed by atoms with Crippen molar-refractivity contribution in [1.29, 1.82) is 0 Å². The van der Waals surface area contributed by atoms with E-state index in [1.807, 2.05) is 26.0 Å². The average molecular weight is 763 g/mol. The van der Waals surface area contributed by atoms with E-state index in [2.05, 4.69) is 110 Å². The summed E-state index contributed by atoms with van der Waals surface area (Å²) in [4.78, 5) is 19.6. The molecule has 0 aliphatic carbocycles. The van der Waals surface area contributed by atoms with Gasteiger partial charge in [0, 0.05) is 24.3 Å². The fourth-order valence-electron chi connectivity index (χ4n) is 4.19. The fourth-order valence-corrected chi connectivity index (χ4v) is 8.06. The lowest BCUT2D eigenvalue weighted by Crippen LogP contribution is -2.58. The molecule has 0 bridgehead atoms. The van der Waals surface area contributed by atoms with E-state index in [1.54, 1.807) is 6.07 Å². The number of hydrogen-bond acceptors (Lipinski definition) is 7. The third-order valence-corrected chi connectivity index (χ3v) is 18.6. The van der Waals surface area contributed by atoms with Crippen LogP contribution in [0.2, 0.25) is 36.3 Å². The third-order valence-electron chi connectivity index (χ3n) is 8.76. The van der Waals surface area contributed by atoms with E-state index in [4.69, 9.17) is 23.1 Å². The minimum Gasteiger partial charge on any atom is -0.491 e. The predicted molar refractivity (Wildman–Crippen MR) is 184 cm³/mol. The minimum atomic E-state index is -1.94. The van der Waals surface area contributed by atoms with Gasteiger partial charge >= 0.3 is 0 Å². The highest BCUT2D eigenvalue weighted by Crippen LogP contribution is 2.46. The van der Waals surface area contributed by atoms with Gasteiger partial charge in [0.25, 0.3) is 0 Å². The molecule has 2 fully saturated rings. The zero-order valence-corrected chi connectivity index (χ0v) is 33.0. The first kappa shape index (κ1) is 36.6. The van der Waals surface area contributed by atoms with Crippen molar-refractivity contribution in [2.75, 3.05) is 26.4 Å². The molecule has 2 aromatic rings. The summed E-state index contributed by atoms with van der Waals surface area (Å²) in [6, 6.07) is 7.01. The molecule has 0 spiro atoms. The lowest BCUT2D eigenvalue weighted by Gasteiger charge is -2.49. The number of nitrogens with one attached hydrogen (secondary N) is 1. The summed E-state index contributed by atoms with van der Waals surface area (Å²) >= 11 is 6.83. The van der Waals surface area contributed by atoms with Crippen molar-refractivity contribution in [2.45, 2.75) is 109 Å². The molecule has 0 saturated carbocycles. The average Bonchev–Trinajstić information content (AvgIpc) is 2.76. The van der Waals surface area contributed by atoms with Crippen LogP contribution in [0.25, 0.3) is 0 Å². The monoisotopic (exact) mass is 760 g/mol. The van der Waals surface area contributed by atoms with Gasteiger partial charge in [-0.1, -0.05) is 41.5 Å². The molecule has 4 rings (SSSR count). The maximum Gasteiger partial charge on any atom is 0.193 e. The highest BCUT2D eigenvalue weighted by molar-refractivity contribution is 9.10. The van der Waals surface area contributed by atoms with Gasteiger partial charge in [-0.25, -0.2) is 4.98 Å². The van der Waals surface area contributed by atoms with Crippen molar-refractivity contribution in [3.8, 4) is 5.75 Å². The van der Waals surface area contributed by atoms with Crippen LogP contribution in [-0.2, 0) is 29.5 Å². The maximum atomic E-state index is 11.7. The molecule has 8 nitrogen and oxygen atoms in total. The molecule has 2 aromatic heterocycles. The Morgan fingerprint density at radius 3 is 1.72 bits per heavy atom. The largest absolute Gasteiger partial charge is 0.491 e. The smallest absolute Gasteiger partial charge is 0.193 e. The van der Waals surface area contributed by atoms with E-state index in [9.17, 15) is 4.79 Å². The number of aromatic nitrogens is 2. The molecule has 242 valence electrons. The Labute approximate surface area is 276 Å². The number of pyridine rings is 2. The topological polar surface area (TPSA) is 91.9 Å². The van der Waals surface area contributed by atoms with Crippen LogP contribution >= 0.6 is 31.9 Å². The molecule has 2 aliphatic rings. The SMILES string of the molecule is CC(C)(C)[Si](C)(C)OC1(c2cc(=O)cc(Br)[nH]2)COC1.CC(C)Oc1cc(Br)nc(C2(O[Si](C)(C)C(C)(C)C)COC2)c1. The van der Waals surface area contributed by atoms with Crippen LogP contribution in [0.1, 0.15) is 66.8 Å². The number of aromatic amines is 1. The summed E-state index contributed by atoms with van der Waals surface area (Å²) < 4.78 is 31.4. The molecule has 0 atom stereocenters. The Morgan fingerprint density at radius 1 is 0.837 bits per heavy atom. The zero-order chi connectivity index (χ0) is 32.6. The van der Waals surface area contributed by atoms with Crippen LogP contribution in [0, 0.1) is 0 Å². The molecule has 2 aliphatic heterocycles. The van der Waals surface area contributed by atoms with Crippen LogP contribution < -0.4 is 10.2 Å². The van der Waals surface area contributed by atoms with Crippen molar-refractivity contribution in [3.63, 3.8) is 0 Å². The molecule has 0 unspecified atom stereocenters. The van der Waals surface area contributed by atoms with Crippen LogP contribution in [0.4, 0.5) is 0 Å². The van der Waals surface area contributed by atoms with Gasteiger partial charge in [-0.3, -0.25) is 4.79 Å². The van der Waals surface area contributed by atoms with Crippen molar-refractivity contribution < 1.29 is 23.1 Å². The number of rotatable bonds is 8. The van der Waals surface area contributed by atoms with E-state index in [-0.39, 0.29) is 21.6 Å². The highest BCUT2D eigenvalue weighted by Gasteiger charge is 2.52. The lowest BCUT2D eigenvalue weighted by molar-refractivity contribution is -0.177. The summed E-state index contributed by atoms with van der Waals surface area (Å²) in [5.41, 5.74) is 0.690. The van der Waals surface area contributed by atoms with Crippen LogP contribution in [0.15, 0.2) is 38.3 Å². The van der Waals surface area contributed by atoms with Gasteiger partial charge in [0.15, 0.2) is 22.1 Å². The summed E-state index contributed by atoms with van der Waals surface area (Å²) in [6.07, 6.45) is 0.118. The standard InChI is InChI=1S/C17H28BrNO3Si.C14H22BrNO3Si/c1-12(2)21-13-8-14(19-15(18)9-13)17(10-20-11-17)22-23(6,7)16(3,4)5;1-13(2,3)20(4,5)19-14(8-18-9-14)11-6-10(17)7-12(15)16-11/h8-9,12H,10-11H2,1-7H3;6-7H,8-9H2,1-5H3,(H,16,17). The second-order valence-corrected chi connectivity index (χ2v) is 26.1. The molecule has 0 radical (unpaired) electrons. The molecule has 0 aromatic carbocycles. The first-order chi connectivity index (χ1) is 19.5. The Hall–Kier alpha value is -0.866. The van der Waals surface area contributed by atoms with Crippen LogP contribution in [-0.4, -0.2) is 59.1 Å². The molecule has 43 heavy (non-hydrogen) atoms. The van der Waals surface area contributed by atoms with Gasteiger partial charge in [-0.15, -0.1) is 0 Å². The summed E-state index contributed by atoms with van der Waals surface area (Å²) in [5.74, 6) is 0.807. The normalized spacial score (nSPS) is 18.3. The Bertz CT molecular complexity index is 1330. The van der Waals surface area contributed by atoms with E-state index in [0.717, 1.165) is 21.7 Å². The Morgan fingerprint density at radius 2 is 1.33 bits per heavy atom. The van der Waals surface area contributed by atoms with Gasteiger partial charge in [-0.05, 0) is 82.0 Å². The van der Waals surface area contributed by atoms with Crippen molar-refractivity contribution in [3.05, 3.63) is 55.1 Å². The van der Waals surface area contributed by atoms with E-state index >= 15 is 0 Å². The number of nitrogens with zero attached hydrogens (tertiary/aromatic N) is 1. The number of H-pyrrole nitrogens is 1.